The van der Waals surface area contributed by atoms with Gasteiger partial charge in [0.2, 0.25) is 0 Å². The first-order chi connectivity index (χ1) is 10.0. The van der Waals surface area contributed by atoms with Crippen molar-refractivity contribution in [1.29, 1.82) is 0 Å². The highest BCUT2D eigenvalue weighted by Crippen LogP contribution is 2.40. The Morgan fingerprint density at radius 1 is 0.905 bits per heavy atom. The molecule has 2 rings (SSSR count). The van der Waals surface area contributed by atoms with Gasteiger partial charge in [0, 0.05) is 12.1 Å². The van der Waals surface area contributed by atoms with Crippen molar-refractivity contribution in [2.45, 2.75) is 17.7 Å². The van der Waals surface area contributed by atoms with Crippen LogP contribution in [0.15, 0.2) is 54.6 Å². The van der Waals surface area contributed by atoms with E-state index >= 15 is 0 Å². The first-order valence-corrected chi connectivity index (χ1v) is 7.45. The van der Waals surface area contributed by atoms with Gasteiger partial charge in [-0.15, -0.1) is 23.2 Å². The fourth-order valence-corrected chi connectivity index (χ4v) is 2.83. The van der Waals surface area contributed by atoms with Gasteiger partial charge in [-0.05, 0) is 17.0 Å². The average molecular weight is 324 g/mol. The summed E-state index contributed by atoms with van der Waals surface area (Å²) in [7, 11) is 0. The Bertz CT molecular complexity index is 601. The minimum atomic E-state index is -0.426. The SMILES string of the molecule is CC(C(Cl)c1ccccc1)C(Cl)c1ccc([N+](=O)[O-])cc1. The molecule has 2 aromatic rings. The summed E-state index contributed by atoms with van der Waals surface area (Å²) >= 11 is 13.0. The molecule has 0 heterocycles. The van der Waals surface area contributed by atoms with Gasteiger partial charge >= 0.3 is 0 Å². The van der Waals surface area contributed by atoms with Crippen LogP contribution in [0.5, 0.6) is 0 Å². The lowest BCUT2D eigenvalue weighted by Gasteiger charge is -2.23. The second-order valence-electron chi connectivity index (χ2n) is 4.92. The molecule has 2 aromatic carbocycles. The Labute approximate surface area is 133 Å². The summed E-state index contributed by atoms with van der Waals surface area (Å²) < 4.78 is 0. The second kappa shape index (κ2) is 6.92. The van der Waals surface area contributed by atoms with Crippen LogP contribution in [0.1, 0.15) is 28.8 Å². The maximum Gasteiger partial charge on any atom is 0.269 e. The molecule has 3 unspecified atom stereocenters. The quantitative estimate of drug-likeness (QED) is 0.414. The number of halogens is 2. The van der Waals surface area contributed by atoms with Gasteiger partial charge < -0.3 is 0 Å². The summed E-state index contributed by atoms with van der Waals surface area (Å²) in [5, 5.41) is 10.1. The van der Waals surface area contributed by atoms with E-state index < -0.39 is 4.92 Å². The van der Waals surface area contributed by atoms with Crippen LogP contribution >= 0.6 is 23.2 Å². The van der Waals surface area contributed by atoms with Gasteiger partial charge in [-0.2, -0.15) is 0 Å². The van der Waals surface area contributed by atoms with Crippen LogP contribution in [-0.4, -0.2) is 4.92 Å². The minimum absolute atomic E-state index is 0.0165. The molecule has 0 aliphatic carbocycles. The fourth-order valence-electron chi connectivity index (χ4n) is 2.17. The third-order valence-corrected chi connectivity index (χ3v) is 4.76. The van der Waals surface area contributed by atoms with Gasteiger partial charge in [-0.1, -0.05) is 49.4 Å². The molecule has 3 nitrogen and oxygen atoms in total. The predicted molar refractivity (Wildman–Crippen MR) is 85.9 cm³/mol. The molecule has 0 amide bonds. The molecule has 110 valence electrons. The molecule has 21 heavy (non-hydrogen) atoms. The molecule has 0 aromatic heterocycles. The molecule has 0 saturated heterocycles. The Kier molecular flexibility index (Phi) is 5.21. The van der Waals surface area contributed by atoms with Crippen molar-refractivity contribution in [3.8, 4) is 0 Å². The van der Waals surface area contributed by atoms with Crippen molar-refractivity contribution in [3.63, 3.8) is 0 Å². The van der Waals surface area contributed by atoms with E-state index in [1.54, 1.807) is 12.1 Å². The third-order valence-electron chi connectivity index (χ3n) is 3.46. The molecule has 0 aliphatic rings. The molecule has 0 N–H and O–H groups in total. The summed E-state index contributed by atoms with van der Waals surface area (Å²) in [6, 6.07) is 16.0. The molecule has 0 spiro atoms. The zero-order chi connectivity index (χ0) is 15.4. The van der Waals surface area contributed by atoms with Crippen molar-refractivity contribution in [2.75, 3.05) is 0 Å². The van der Waals surface area contributed by atoms with Crippen molar-refractivity contribution in [1.82, 2.24) is 0 Å². The van der Waals surface area contributed by atoms with E-state index in [0.29, 0.717) is 0 Å². The monoisotopic (exact) mass is 323 g/mol. The molecular weight excluding hydrogens is 309 g/mol. The molecule has 3 atom stereocenters. The van der Waals surface area contributed by atoms with Gasteiger partial charge in [-0.3, -0.25) is 10.1 Å². The molecule has 0 saturated carbocycles. The standard InChI is InChI=1S/C16H15Cl2NO2/c1-11(15(17)12-5-3-2-4-6-12)16(18)13-7-9-14(10-8-13)19(20)21/h2-11,15-16H,1H3. The van der Waals surface area contributed by atoms with Crippen molar-refractivity contribution in [3.05, 3.63) is 75.8 Å². The second-order valence-corrected chi connectivity index (χ2v) is 5.86. The topological polar surface area (TPSA) is 43.1 Å². The van der Waals surface area contributed by atoms with Crippen LogP contribution in [0.3, 0.4) is 0 Å². The number of nitrogens with zero attached hydrogens (tertiary/aromatic N) is 1. The summed E-state index contributed by atoms with van der Waals surface area (Å²) in [6.45, 7) is 1.98. The Morgan fingerprint density at radius 3 is 1.86 bits per heavy atom. The van der Waals surface area contributed by atoms with Crippen LogP contribution in [0.25, 0.3) is 0 Å². The summed E-state index contributed by atoms with van der Waals surface area (Å²) in [5.74, 6) is -0.0165. The smallest absolute Gasteiger partial charge is 0.258 e. The van der Waals surface area contributed by atoms with Crippen LogP contribution < -0.4 is 0 Å². The number of nitro benzene ring substituents is 1. The van der Waals surface area contributed by atoms with Crippen molar-refractivity contribution >= 4 is 28.9 Å². The van der Waals surface area contributed by atoms with Gasteiger partial charge in [-0.25, -0.2) is 0 Å². The number of hydrogen-bond donors (Lipinski definition) is 0. The van der Waals surface area contributed by atoms with E-state index in [-0.39, 0.29) is 22.4 Å². The van der Waals surface area contributed by atoms with Crippen molar-refractivity contribution in [2.24, 2.45) is 5.92 Å². The minimum Gasteiger partial charge on any atom is -0.258 e. The largest absolute Gasteiger partial charge is 0.269 e. The molecule has 0 bridgehead atoms. The van der Waals surface area contributed by atoms with E-state index in [9.17, 15) is 10.1 Å². The van der Waals surface area contributed by atoms with Crippen LogP contribution in [0.4, 0.5) is 5.69 Å². The predicted octanol–water partition coefficient (Wildman–Crippen LogP) is 5.49. The molecule has 0 fully saturated rings. The highest BCUT2D eigenvalue weighted by molar-refractivity contribution is 6.24. The van der Waals surface area contributed by atoms with E-state index in [1.807, 2.05) is 37.3 Å². The number of rotatable bonds is 5. The van der Waals surface area contributed by atoms with E-state index in [2.05, 4.69) is 0 Å². The first-order valence-electron chi connectivity index (χ1n) is 6.58. The highest BCUT2D eigenvalue weighted by atomic mass is 35.5. The van der Waals surface area contributed by atoms with E-state index in [1.165, 1.54) is 12.1 Å². The lowest BCUT2D eigenvalue weighted by atomic mass is 9.93. The lowest BCUT2D eigenvalue weighted by molar-refractivity contribution is -0.384. The van der Waals surface area contributed by atoms with Crippen LogP contribution in [0.2, 0.25) is 0 Å². The van der Waals surface area contributed by atoms with Crippen molar-refractivity contribution < 1.29 is 4.92 Å². The zero-order valence-electron chi connectivity index (χ0n) is 11.4. The highest BCUT2D eigenvalue weighted by Gasteiger charge is 2.25. The van der Waals surface area contributed by atoms with Crippen LogP contribution in [0, 0.1) is 16.0 Å². The van der Waals surface area contributed by atoms with E-state index in [4.69, 9.17) is 23.2 Å². The maximum absolute atomic E-state index is 10.7. The lowest BCUT2D eigenvalue weighted by Crippen LogP contribution is -2.10. The van der Waals surface area contributed by atoms with Crippen LogP contribution in [-0.2, 0) is 0 Å². The number of non-ortho nitro benzene ring substituents is 1. The third kappa shape index (κ3) is 3.74. The molecular formula is C16H15Cl2NO2. The van der Waals surface area contributed by atoms with Gasteiger partial charge in [0.1, 0.15) is 0 Å². The first kappa shape index (κ1) is 15.8. The Hall–Kier alpha value is -1.58. The molecule has 5 heteroatoms. The van der Waals surface area contributed by atoms with Gasteiger partial charge in [0.05, 0.1) is 15.7 Å². The summed E-state index contributed by atoms with van der Waals surface area (Å²) in [5.41, 5.74) is 1.90. The maximum atomic E-state index is 10.7. The summed E-state index contributed by atoms with van der Waals surface area (Å²) in [4.78, 5) is 10.2. The Balaban J connectivity index is 2.15. The van der Waals surface area contributed by atoms with Gasteiger partial charge in [0.15, 0.2) is 0 Å². The number of alkyl halides is 2. The van der Waals surface area contributed by atoms with E-state index in [0.717, 1.165) is 11.1 Å². The average Bonchev–Trinajstić information content (AvgIpc) is 2.53. The number of nitro groups is 1. The van der Waals surface area contributed by atoms with Gasteiger partial charge in [0.25, 0.3) is 5.69 Å². The molecule has 0 radical (unpaired) electrons. The Morgan fingerprint density at radius 2 is 1.38 bits per heavy atom. The number of benzene rings is 2. The fraction of sp³-hybridized carbons (Fsp3) is 0.250. The summed E-state index contributed by atoms with van der Waals surface area (Å²) in [6.07, 6.45) is 0. The molecule has 0 aliphatic heterocycles. The zero-order valence-corrected chi connectivity index (χ0v) is 13.0. The number of hydrogen-bond acceptors (Lipinski definition) is 2. The normalized spacial score (nSPS) is 15.2.